The van der Waals surface area contributed by atoms with Gasteiger partial charge in [0.2, 0.25) is 5.91 Å². The zero-order valence-corrected chi connectivity index (χ0v) is 28.9. The molecule has 2 heterocycles. The molecule has 1 unspecified atom stereocenters. The molecule has 1 aliphatic carbocycles. The Morgan fingerprint density at radius 1 is 0.740 bits per heavy atom. The Morgan fingerprint density at radius 3 is 1.80 bits per heavy atom. The van der Waals surface area contributed by atoms with E-state index in [1.165, 1.54) is 0 Å². The predicted molar refractivity (Wildman–Crippen MR) is 195 cm³/mol. The molecule has 8 nitrogen and oxygen atoms in total. The second-order valence-corrected chi connectivity index (χ2v) is 13.6. The number of pyridine rings is 2. The zero-order valence-electron chi connectivity index (χ0n) is 28.9. The van der Waals surface area contributed by atoms with E-state index in [2.05, 4.69) is 39.6 Å². The Balaban J connectivity index is 1.21. The number of alkyl carbamates (subject to hydrolysis) is 1. The molecule has 0 fully saturated rings. The molecule has 0 saturated heterocycles. The number of nitrogens with zero attached hydrogens (tertiary/aromatic N) is 3. The van der Waals surface area contributed by atoms with E-state index in [1.807, 2.05) is 106 Å². The zero-order chi connectivity index (χ0) is 34.9. The molecule has 8 heteroatoms. The summed E-state index contributed by atoms with van der Waals surface area (Å²) in [6.45, 7) is 7.02. The van der Waals surface area contributed by atoms with Gasteiger partial charge in [-0.25, -0.2) is 4.79 Å². The molecular formula is C42H44N4O4. The molecule has 50 heavy (non-hydrogen) atoms. The molecule has 2 aromatic heterocycles. The highest BCUT2D eigenvalue weighted by Gasteiger charge is 2.31. The van der Waals surface area contributed by atoms with E-state index in [0.717, 1.165) is 45.0 Å². The minimum Gasteiger partial charge on any atom is -0.488 e. The Bertz CT molecular complexity index is 1790. The lowest BCUT2D eigenvalue weighted by Gasteiger charge is -2.28. The van der Waals surface area contributed by atoms with Gasteiger partial charge in [0.25, 0.3) is 0 Å². The van der Waals surface area contributed by atoms with E-state index in [4.69, 9.17) is 9.47 Å². The summed E-state index contributed by atoms with van der Waals surface area (Å²) in [6, 6.07) is 34.8. The fraction of sp³-hybridized carbons (Fsp3) is 0.286. The van der Waals surface area contributed by atoms with Crippen molar-refractivity contribution in [2.75, 3.05) is 19.7 Å². The van der Waals surface area contributed by atoms with Crippen LogP contribution in [0, 0.1) is 0 Å². The maximum Gasteiger partial charge on any atom is 0.407 e. The first-order chi connectivity index (χ1) is 24.2. The minimum absolute atomic E-state index is 0.0918. The highest BCUT2D eigenvalue weighted by molar-refractivity contribution is 5.86. The number of benzene rings is 3. The molecule has 3 aromatic carbocycles. The average molecular weight is 669 g/mol. The Hall–Kier alpha value is -5.50. The van der Waals surface area contributed by atoms with Gasteiger partial charge in [-0.15, -0.1) is 0 Å². The molecule has 6 rings (SSSR count). The monoisotopic (exact) mass is 668 g/mol. The van der Waals surface area contributed by atoms with Crippen LogP contribution in [0.5, 0.6) is 5.75 Å². The van der Waals surface area contributed by atoms with Gasteiger partial charge < -0.3 is 19.7 Å². The smallest absolute Gasteiger partial charge is 0.407 e. The van der Waals surface area contributed by atoms with Crippen molar-refractivity contribution in [2.24, 2.45) is 0 Å². The summed E-state index contributed by atoms with van der Waals surface area (Å²) in [5, 5.41) is 2.95. The van der Waals surface area contributed by atoms with Crippen molar-refractivity contribution in [2.45, 2.75) is 57.6 Å². The number of amides is 2. The topological polar surface area (TPSA) is 93.6 Å². The van der Waals surface area contributed by atoms with Crippen molar-refractivity contribution in [3.05, 3.63) is 150 Å². The van der Waals surface area contributed by atoms with Crippen LogP contribution >= 0.6 is 0 Å². The largest absolute Gasteiger partial charge is 0.488 e. The summed E-state index contributed by atoms with van der Waals surface area (Å²) < 4.78 is 11.9. The Morgan fingerprint density at radius 2 is 1.28 bits per heavy atom. The molecule has 256 valence electrons. The number of rotatable bonds is 13. The third kappa shape index (κ3) is 8.94. The molecule has 1 aliphatic rings. The Labute approximate surface area is 294 Å². The van der Waals surface area contributed by atoms with Crippen molar-refractivity contribution in [3.8, 4) is 16.9 Å². The van der Waals surface area contributed by atoms with Crippen molar-refractivity contribution in [3.63, 3.8) is 0 Å². The standard InChI is InChI=1S/C42H44N4O4/c1-42(2,3)50-33-20-18-30(19-21-33)28-39(40(47)46(26-22-31-12-8-10-24-43-31)27-23-32-13-9-11-25-44-32)45-41(48)49-29-38-36-16-6-4-14-34(36)35-15-5-7-17-37(35)38/h4-21,24-25,38-39H,22-23,26-29H2,1-3H3,(H,45,48). The van der Waals surface area contributed by atoms with Crippen molar-refractivity contribution in [1.82, 2.24) is 20.2 Å². The normalized spacial score (nSPS) is 12.8. The number of ether oxygens (including phenoxy) is 2. The predicted octanol–water partition coefficient (Wildman–Crippen LogP) is 7.42. The summed E-state index contributed by atoms with van der Waals surface area (Å²) in [4.78, 5) is 38.8. The van der Waals surface area contributed by atoms with Gasteiger partial charge in [-0.2, -0.15) is 0 Å². The molecule has 2 amide bonds. The van der Waals surface area contributed by atoms with Crippen molar-refractivity contribution < 1.29 is 19.1 Å². The van der Waals surface area contributed by atoms with Crippen molar-refractivity contribution in [1.29, 1.82) is 0 Å². The van der Waals surface area contributed by atoms with Crippen LogP contribution in [0.1, 0.15) is 54.8 Å². The SMILES string of the molecule is CC(C)(C)Oc1ccc(CC(NC(=O)OCC2c3ccccc3-c3ccccc32)C(=O)N(CCc2ccccn2)CCc2ccccn2)cc1. The average Bonchev–Trinajstić information content (AvgIpc) is 3.45. The van der Waals surface area contributed by atoms with Gasteiger partial charge >= 0.3 is 6.09 Å². The third-order valence-corrected chi connectivity index (χ3v) is 8.76. The summed E-state index contributed by atoms with van der Waals surface area (Å²) >= 11 is 0. The van der Waals surface area contributed by atoms with Crippen LogP contribution in [0.4, 0.5) is 4.79 Å². The highest BCUT2D eigenvalue weighted by Crippen LogP contribution is 2.44. The van der Waals surface area contributed by atoms with E-state index in [1.54, 1.807) is 17.3 Å². The number of hydrogen-bond acceptors (Lipinski definition) is 6. The molecule has 1 atom stereocenters. The molecule has 1 N–H and O–H groups in total. The van der Waals surface area contributed by atoms with Gasteiger partial charge in [-0.3, -0.25) is 14.8 Å². The summed E-state index contributed by atoms with van der Waals surface area (Å²) in [5.41, 5.74) is 6.88. The van der Waals surface area contributed by atoms with Gasteiger partial charge in [0.1, 0.15) is 24.0 Å². The number of carbonyl (C=O) groups is 2. The highest BCUT2D eigenvalue weighted by atomic mass is 16.5. The van der Waals surface area contributed by atoms with Gasteiger partial charge in [0.05, 0.1) is 0 Å². The molecule has 0 radical (unpaired) electrons. The maximum atomic E-state index is 14.5. The summed E-state index contributed by atoms with van der Waals surface area (Å²) in [5.74, 6) is 0.451. The fourth-order valence-electron chi connectivity index (χ4n) is 6.41. The van der Waals surface area contributed by atoms with Crippen LogP contribution in [0.3, 0.4) is 0 Å². The minimum atomic E-state index is -0.868. The third-order valence-electron chi connectivity index (χ3n) is 8.76. The van der Waals surface area contributed by atoms with E-state index in [-0.39, 0.29) is 30.5 Å². The lowest BCUT2D eigenvalue weighted by atomic mass is 9.98. The second kappa shape index (κ2) is 15.8. The summed E-state index contributed by atoms with van der Waals surface area (Å²) in [6.07, 6.45) is 4.31. The molecule has 0 spiro atoms. The molecule has 0 saturated carbocycles. The number of fused-ring (bicyclic) bond motifs is 3. The molecule has 0 bridgehead atoms. The summed E-state index contributed by atoms with van der Waals surface area (Å²) in [7, 11) is 0. The quantitative estimate of drug-likeness (QED) is 0.140. The van der Waals surface area contributed by atoms with Crippen LogP contribution < -0.4 is 10.1 Å². The van der Waals surface area contributed by atoms with E-state index < -0.39 is 12.1 Å². The second-order valence-electron chi connectivity index (χ2n) is 13.6. The lowest BCUT2D eigenvalue weighted by molar-refractivity contribution is -0.133. The van der Waals surface area contributed by atoms with Gasteiger partial charge in [0, 0.05) is 62.1 Å². The number of carbonyl (C=O) groups excluding carboxylic acids is 2. The Kier molecular flexibility index (Phi) is 10.9. The van der Waals surface area contributed by atoms with Crippen LogP contribution in [-0.4, -0.2) is 58.2 Å². The van der Waals surface area contributed by atoms with E-state index in [9.17, 15) is 9.59 Å². The van der Waals surface area contributed by atoms with Crippen LogP contribution in [0.2, 0.25) is 0 Å². The van der Waals surface area contributed by atoms with E-state index >= 15 is 0 Å². The number of aromatic nitrogens is 2. The first-order valence-electron chi connectivity index (χ1n) is 17.2. The van der Waals surface area contributed by atoms with E-state index in [0.29, 0.717) is 25.9 Å². The van der Waals surface area contributed by atoms with Gasteiger partial charge in [0.15, 0.2) is 0 Å². The first kappa shape index (κ1) is 34.4. The number of nitrogens with one attached hydrogen (secondary N) is 1. The van der Waals surface area contributed by atoms with Crippen molar-refractivity contribution >= 4 is 12.0 Å². The molecule has 0 aliphatic heterocycles. The number of hydrogen-bond donors (Lipinski definition) is 1. The maximum absolute atomic E-state index is 14.5. The fourth-order valence-corrected chi connectivity index (χ4v) is 6.41. The van der Waals surface area contributed by atoms with Gasteiger partial charge in [-0.1, -0.05) is 72.8 Å². The van der Waals surface area contributed by atoms with Crippen LogP contribution in [0.15, 0.2) is 122 Å². The van der Waals surface area contributed by atoms with Crippen LogP contribution in [0.25, 0.3) is 11.1 Å². The molecular weight excluding hydrogens is 624 g/mol. The lowest BCUT2D eigenvalue weighted by Crippen LogP contribution is -2.51. The first-order valence-corrected chi connectivity index (χ1v) is 17.2. The molecule has 5 aromatic rings. The van der Waals surface area contributed by atoms with Gasteiger partial charge in [-0.05, 0) is 85.0 Å². The van der Waals surface area contributed by atoms with Crippen LogP contribution in [-0.2, 0) is 28.8 Å².